The highest BCUT2D eigenvalue weighted by Gasteiger charge is 2.16. The number of aromatic nitrogens is 1. The van der Waals surface area contributed by atoms with E-state index in [9.17, 15) is 15.0 Å². The molecular weight excluding hydrogens is 505 g/mol. The lowest BCUT2D eigenvalue weighted by molar-refractivity contribution is 0.176. The van der Waals surface area contributed by atoms with E-state index >= 15 is 0 Å². The Morgan fingerprint density at radius 1 is 0.914 bits per heavy atom. The summed E-state index contributed by atoms with van der Waals surface area (Å²) in [7, 11) is 0. The maximum Gasteiger partial charge on any atom is 0.305 e. The Hall–Kier alpha value is -2.39. The molecule has 0 spiro atoms. The lowest BCUT2D eigenvalue weighted by Crippen LogP contribution is -2.23. The third kappa shape index (κ3) is 6.64. The van der Waals surface area contributed by atoms with Crippen LogP contribution in [0, 0.1) is 0 Å². The second kappa shape index (κ2) is 12.0. The molecule has 5 N–H and O–H groups in total. The van der Waals surface area contributed by atoms with E-state index in [1.807, 2.05) is 18.2 Å². The van der Waals surface area contributed by atoms with Crippen molar-refractivity contribution >= 4 is 44.8 Å². The Morgan fingerprint density at radius 3 is 2.34 bits per heavy atom. The summed E-state index contributed by atoms with van der Waals surface area (Å²) in [6.07, 6.45) is 0.819. The average Bonchev–Trinajstić information content (AvgIpc) is 3.24. The van der Waals surface area contributed by atoms with E-state index in [1.165, 1.54) is 17.2 Å². The van der Waals surface area contributed by atoms with Crippen molar-refractivity contribution < 1.29 is 10.2 Å². The number of aromatic amines is 1. The van der Waals surface area contributed by atoms with Crippen LogP contribution in [0.2, 0.25) is 10.0 Å². The summed E-state index contributed by atoms with van der Waals surface area (Å²) < 4.78 is 0.587. The van der Waals surface area contributed by atoms with Crippen LogP contribution in [0.25, 0.3) is 10.2 Å². The Bertz CT molecular complexity index is 1320. The summed E-state index contributed by atoms with van der Waals surface area (Å²) in [6.45, 7) is 2.60. The Labute approximate surface area is 217 Å². The minimum atomic E-state index is -0.779. The third-order valence-corrected chi connectivity index (χ3v) is 7.48. The quantitative estimate of drug-likeness (QED) is 0.179. The number of halogens is 2. The third-order valence-electron chi connectivity index (χ3n) is 5.84. The number of benzene rings is 3. The van der Waals surface area contributed by atoms with E-state index in [0.717, 1.165) is 42.8 Å². The van der Waals surface area contributed by atoms with Crippen LogP contribution in [-0.4, -0.2) is 34.8 Å². The van der Waals surface area contributed by atoms with Gasteiger partial charge in [0.2, 0.25) is 0 Å². The Kier molecular flexibility index (Phi) is 8.83. The molecule has 0 aliphatic heterocycles. The molecule has 0 saturated heterocycles. The molecule has 1 heterocycles. The van der Waals surface area contributed by atoms with Gasteiger partial charge in [0.25, 0.3) is 0 Å². The maximum absolute atomic E-state index is 11.7. The molecule has 0 saturated carbocycles. The van der Waals surface area contributed by atoms with Gasteiger partial charge in [-0.3, -0.25) is 4.79 Å². The predicted molar refractivity (Wildman–Crippen MR) is 144 cm³/mol. The molecule has 1 atom stereocenters. The van der Waals surface area contributed by atoms with Crippen LogP contribution in [0.1, 0.15) is 28.4 Å². The summed E-state index contributed by atoms with van der Waals surface area (Å²) in [5, 5.41) is 28.6. The van der Waals surface area contributed by atoms with Crippen molar-refractivity contribution in [3.63, 3.8) is 0 Å². The van der Waals surface area contributed by atoms with Crippen LogP contribution in [0.3, 0.4) is 0 Å². The molecule has 184 valence electrons. The van der Waals surface area contributed by atoms with Gasteiger partial charge in [-0.15, -0.1) is 0 Å². The van der Waals surface area contributed by atoms with Gasteiger partial charge in [-0.2, -0.15) is 0 Å². The van der Waals surface area contributed by atoms with Crippen molar-refractivity contribution in [2.45, 2.75) is 25.5 Å². The number of hydrogen-bond donors (Lipinski definition) is 5. The molecular formula is C26H27Cl2N3O3S. The zero-order valence-electron chi connectivity index (χ0n) is 19.0. The average molecular weight is 532 g/mol. The first kappa shape index (κ1) is 25.7. The van der Waals surface area contributed by atoms with E-state index in [-0.39, 0.29) is 10.6 Å². The molecule has 4 rings (SSSR count). The van der Waals surface area contributed by atoms with Crippen molar-refractivity contribution in [1.29, 1.82) is 0 Å². The van der Waals surface area contributed by atoms with Crippen molar-refractivity contribution in [2.75, 3.05) is 19.6 Å². The lowest BCUT2D eigenvalue weighted by Gasteiger charge is -2.13. The molecule has 0 aliphatic rings. The van der Waals surface area contributed by atoms with E-state index in [0.29, 0.717) is 38.9 Å². The topological polar surface area (TPSA) is 97.4 Å². The highest BCUT2D eigenvalue weighted by Crippen LogP contribution is 2.31. The van der Waals surface area contributed by atoms with Gasteiger partial charge in [-0.05, 0) is 60.8 Å². The van der Waals surface area contributed by atoms with Crippen LogP contribution in [0.4, 0.5) is 0 Å². The van der Waals surface area contributed by atoms with Crippen molar-refractivity contribution in [3.05, 3.63) is 96.6 Å². The fourth-order valence-corrected chi connectivity index (χ4v) is 5.43. The van der Waals surface area contributed by atoms with E-state index in [2.05, 4.69) is 39.9 Å². The maximum atomic E-state index is 11.7. The van der Waals surface area contributed by atoms with Gasteiger partial charge in [-0.25, -0.2) is 0 Å². The molecule has 0 aliphatic carbocycles. The number of aliphatic hydroxyl groups excluding tert-OH is 1. The largest absolute Gasteiger partial charge is 0.506 e. The first-order chi connectivity index (χ1) is 16.9. The van der Waals surface area contributed by atoms with Gasteiger partial charge in [0.1, 0.15) is 11.3 Å². The van der Waals surface area contributed by atoms with Crippen LogP contribution < -0.4 is 15.5 Å². The number of nitrogens with one attached hydrogen (secondary N) is 3. The molecule has 0 bridgehead atoms. The van der Waals surface area contributed by atoms with Gasteiger partial charge in [-0.1, -0.05) is 70.9 Å². The Balaban J connectivity index is 1.19. The van der Waals surface area contributed by atoms with Crippen LogP contribution in [0.5, 0.6) is 5.75 Å². The first-order valence-electron chi connectivity index (χ1n) is 11.4. The summed E-state index contributed by atoms with van der Waals surface area (Å²) >= 11 is 13.4. The van der Waals surface area contributed by atoms with Gasteiger partial charge in [0.05, 0.1) is 10.8 Å². The zero-order valence-corrected chi connectivity index (χ0v) is 21.3. The molecule has 0 amide bonds. The molecule has 4 aromatic rings. The molecule has 0 radical (unpaired) electrons. The monoisotopic (exact) mass is 531 g/mol. The highest BCUT2D eigenvalue weighted by molar-refractivity contribution is 7.16. The van der Waals surface area contributed by atoms with Gasteiger partial charge in [0.15, 0.2) is 0 Å². The summed E-state index contributed by atoms with van der Waals surface area (Å²) in [5.74, 6) is 0.00546. The SMILES string of the molecule is O=c1[nH]c2c(O)ccc(C(O)CNCCc3ccc(CNCCc4c(Cl)cccc4Cl)cc3)c2s1. The minimum Gasteiger partial charge on any atom is -0.506 e. The van der Waals surface area contributed by atoms with Gasteiger partial charge in [0, 0.05) is 28.7 Å². The predicted octanol–water partition coefficient (Wildman–Crippen LogP) is 4.80. The van der Waals surface area contributed by atoms with Crippen LogP contribution >= 0.6 is 34.5 Å². The molecule has 1 unspecified atom stereocenters. The number of thiazole rings is 1. The number of aromatic hydroxyl groups is 1. The lowest BCUT2D eigenvalue weighted by atomic mass is 10.1. The van der Waals surface area contributed by atoms with Crippen molar-refractivity contribution in [2.24, 2.45) is 0 Å². The molecule has 3 aromatic carbocycles. The second-order valence-electron chi connectivity index (χ2n) is 8.31. The zero-order chi connectivity index (χ0) is 24.8. The van der Waals surface area contributed by atoms with Crippen molar-refractivity contribution in [3.8, 4) is 5.75 Å². The summed E-state index contributed by atoms with van der Waals surface area (Å²) in [4.78, 5) is 14.0. The van der Waals surface area contributed by atoms with Gasteiger partial charge < -0.3 is 25.8 Å². The normalized spacial score (nSPS) is 12.3. The molecule has 9 heteroatoms. The number of fused-ring (bicyclic) bond motifs is 1. The Morgan fingerprint density at radius 2 is 1.60 bits per heavy atom. The number of hydrogen-bond acceptors (Lipinski definition) is 6. The van der Waals surface area contributed by atoms with Gasteiger partial charge >= 0.3 is 4.87 Å². The van der Waals surface area contributed by atoms with Crippen LogP contribution in [-0.2, 0) is 19.4 Å². The van der Waals surface area contributed by atoms with E-state index in [4.69, 9.17) is 23.2 Å². The number of rotatable bonds is 11. The molecule has 1 aromatic heterocycles. The van der Waals surface area contributed by atoms with E-state index < -0.39 is 6.10 Å². The standard InChI is InChI=1S/C26H27Cl2N3O3S/c27-20-2-1-3-21(28)18(20)11-13-29-14-17-6-4-16(5-7-17)10-12-30-15-23(33)19-8-9-22(32)24-25(19)35-26(34)31-24/h1-9,23,29-30,32-33H,10-15H2,(H,31,34). The number of phenols is 1. The molecule has 6 nitrogen and oxygen atoms in total. The number of phenolic OH excluding ortho intramolecular Hbond substituents is 1. The minimum absolute atomic E-state index is 0.00546. The van der Waals surface area contributed by atoms with Crippen LogP contribution in [0.15, 0.2) is 59.4 Å². The van der Waals surface area contributed by atoms with E-state index in [1.54, 1.807) is 6.07 Å². The fraction of sp³-hybridized carbons (Fsp3) is 0.269. The first-order valence-corrected chi connectivity index (χ1v) is 12.9. The number of aliphatic hydroxyl groups is 1. The highest BCUT2D eigenvalue weighted by atomic mass is 35.5. The fourth-order valence-electron chi connectivity index (χ4n) is 3.92. The number of H-pyrrole nitrogens is 1. The smallest absolute Gasteiger partial charge is 0.305 e. The summed E-state index contributed by atoms with van der Waals surface area (Å²) in [5.41, 5.74) is 4.37. The van der Waals surface area contributed by atoms with Crippen molar-refractivity contribution in [1.82, 2.24) is 15.6 Å². The molecule has 0 fully saturated rings. The molecule has 35 heavy (non-hydrogen) atoms. The second-order valence-corrected chi connectivity index (χ2v) is 10.1. The summed E-state index contributed by atoms with van der Waals surface area (Å²) in [6, 6.07) is 17.2.